The average molecular weight is 442 g/mol. The highest BCUT2D eigenvalue weighted by molar-refractivity contribution is 5.87. The average Bonchev–Trinajstić information content (AvgIpc) is 2.70. The predicted octanol–water partition coefficient (Wildman–Crippen LogP) is -2.08. The maximum absolute atomic E-state index is 12.8. The van der Waals surface area contributed by atoms with E-state index in [1.54, 1.807) is 26.0 Å². The van der Waals surface area contributed by atoms with Gasteiger partial charge in [0.2, 0.25) is 11.7 Å². The smallest absolute Gasteiger partial charge is 0.326 e. The van der Waals surface area contributed by atoms with Gasteiger partial charge in [-0.25, -0.2) is 4.79 Å². The van der Waals surface area contributed by atoms with Crippen LogP contribution >= 0.6 is 0 Å². The highest BCUT2D eigenvalue weighted by Crippen LogP contribution is 2.24. The molecule has 2 rings (SSSR count). The Bertz CT molecular complexity index is 758. The number of aliphatic hydroxyl groups excluding tert-OH is 3. The van der Waals surface area contributed by atoms with E-state index in [1.807, 2.05) is 0 Å². The maximum atomic E-state index is 12.8. The van der Waals surface area contributed by atoms with Crippen LogP contribution in [0.2, 0.25) is 0 Å². The summed E-state index contributed by atoms with van der Waals surface area (Å²) in [5.74, 6) is -4.43. The Hall–Kier alpha value is -2.28. The summed E-state index contributed by atoms with van der Waals surface area (Å²) in [5, 5.41) is 63.8. The van der Waals surface area contributed by atoms with E-state index < -0.39 is 61.2 Å². The van der Waals surface area contributed by atoms with Gasteiger partial charge in [-0.05, 0) is 23.6 Å². The monoisotopic (exact) mass is 442 g/mol. The Morgan fingerprint density at radius 2 is 1.81 bits per heavy atom. The SMILES string of the molecule is CC(C)C(NC[C@@]1(O)OC[C@@H](O)[C@@H](O)[C@@H]1O)C(=O)NC(Cc1ccc(O)cc1)C(=O)O. The number of carbonyl (C=O) groups excluding carboxylic acids is 1. The van der Waals surface area contributed by atoms with Crippen LogP contribution in [0.3, 0.4) is 0 Å². The first-order valence-electron chi connectivity index (χ1n) is 9.89. The van der Waals surface area contributed by atoms with Crippen LogP contribution in [-0.2, 0) is 20.7 Å². The van der Waals surface area contributed by atoms with Gasteiger partial charge in [-0.15, -0.1) is 0 Å². The van der Waals surface area contributed by atoms with E-state index in [-0.39, 0.29) is 18.1 Å². The van der Waals surface area contributed by atoms with E-state index in [4.69, 9.17) is 4.74 Å². The summed E-state index contributed by atoms with van der Waals surface area (Å²) in [6.07, 6.45) is -4.83. The molecule has 0 aromatic heterocycles. The van der Waals surface area contributed by atoms with Crippen molar-refractivity contribution in [3.05, 3.63) is 29.8 Å². The lowest BCUT2D eigenvalue weighted by atomic mass is 9.95. The van der Waals surface area contributed by atoms with Gasteiger partial charge < -0.3 is 46.0 Å². The zero-order valence-electron chi connectivity index (χ0n) is 17.3. The number of carbonyl (C=O) groups is 2. The van der Waals surface area contributed by atoms with Crippen molar-refractivity contribution in [3.63, 3.8) is 0 Å². The second kappa shape index (κ2) is 10.4. The Balaban J connectivity index is 2.04. The zero-order valence-corrected chi connectivity index (χ0v) is 17.3. The fourth-order valence-corrected chi connectivity index (χ4v) is 3.26. The van der Waals surface area contributed by atoms with Crippen LogP contribution < -0.4 is 10.6 Å². The molecule has 1 aromatic carbocycles. The standard InChI is InChI=1S/C20H30N2O9/c1-10(2)15(21-9-20(30)17(26)16(25)14(24)8-31-20)18(27)22-13(19(28)29)7-11-3-5-12(23)6-4-11/h3-6,10,13-17,21,23-26,30H,7-9H2,1-2H3,(H,22,27)(H,28,29)/t13?,14-,15?,16-,17+,20-/m1/s1. The fourth-order valence-electron chi connectivity index (χ4n) is 3.26. The van der Waals surface area contributed by atoms with Crippen LogP contribution in [0.5, 0.6) is 5.75 Å². The summed E-state index contributed by atoms with van der Waals surface area (Å²) >= 11 is 0. The lowest BCUT2D eigenvalue weighted by molar-refractivity contribution is -0.318. The molecule has 8 N–H and O–H groups in total. The molecule has 1 fully saturated rings. The Morgan fingerprint density at radius 1 is 1.19 bits per heavy atom. The van der Waals surface area contributed by atoms with Crippen molar-refractivity contribution in [2.75, 3.05) is 13.2 Å². The highest BCUT2D eigenvalue weighted by Gasteiger charge is 2.48. The normalized spacial score (nSPS) is 28.2. The number of carboxylic acids is 1. The number of nitrogens with one attached hydrogen (secondary N) is 2. The summed E-state index contributed by atoms with van der Waals surface area (Å²) in [7, 11) is 0. The van der Waals surface area contributed by atoms with Crippen LogP contribution in [-0.4, -0.2) is 91.8 Å². The quantitative estimate of drug-likeness (QED) is 0.211. The summed E-state index contributed by atoms with van der Waals surface area (Å²) in [5.41, 5.74) is 0.597. The molecule has 0 spiro atoms. The summed E-state index contributed by atoms with van der Waals surface area (Å²) in [6, 6.07) is 3.73. The molecule has 1 amide bonds. The van der Waals surface area contributed by atoms with Crippen LogP contribution in [0.15, 0.2) is 24.3 Å². The van der Waals surface area contributed by atoms with Crippen LogP contribution in [0.4, 0.5) is 0 Å². The molecule has 0 aliphatic carbocycles. The molecule has 1 saturated heterocycles. The van der Waals surface area contributed by atoms with Crippen molar-refractivity contribution in [1.82, 2.24) is 10.6 Å². The van der Waals surface area contributed by atoms with E-state index in [1.165, 1.54) is 12.1 Å². The van der Waals surface area contributed by atoms with Gasteiger partial charge in [-0.1, -0.05) is 26.0 Å². The second-order valence-corrected chi connectivity index (χ2v) is 8.03. The summed E-state index contributed by atoms with van der Waals surface area (Å²) < 4.78 is 5.07. The van der Waals surface area contributed by atoms with Crippen molar-refractivity contribution < 1.29 is 45.0 Å². The second-order valence-electron chi connectivity index (χ2n) is 8.03. The lowest BCUT2D eigenvalue weighted by Gasteiger charge is -2.42. The topological polar surface area (TPSA) is 189 Å². The molecule has 1 aliphatic heterocycles. The molecule has 0 saturated carbocycles. The molecule has 1 heterocycles. The fraction of sp³-hybridized carbons (Fsp3) is 0.600. The maximum Gasteiger partial charge on any atom is 0.326 e. The minimum atomic E-state index is -2.25. The number of ether oxygens (including phenoxy) is 1. The molecular formula is C20H30N2O9. The third-order valence-corrected chi connectivity index (χ3v) is 5.20. The number of phenolic OH excluding ortho intramolecular Hbond substituents is 1. The van der Waals surface area contributed by atoms with Crippen LogP contribution in [0.1, 0.15) is 19.4 Å². The number of carboxylic acid groups (broad SMARTS) is 1. The van der Waals surface area contributed by atoms with Crippen molar-refractivity contribution in [1.29, 1.82) is 0 Å². The molecule has 11 heteroatoms. The summed E-state index contributed by atoms with van der Waals surface area (Å²) in [4.78, 5) is 24.4. The molecule has 2 unspecified atom stereocenters. The molecule has 0 radical (unpaired) electrons. The Morgan fingerprint density at radius 3 is 2.35 bits per heavy atom. The first kappa shape index (κ1) is 25.0. The number of rotatable bonds is 9. The first-order valence-corrected chi connectivity index (χ1v) is 9.89. The van der Waals surface area contributed by atoms with E-state index >= 15 is 0 Å². The molecule has 0 bridgehead atoms. The molecule has 11 nitrogen and oxygen atoms in total. The van der Waals surface area contributed by atoms with Gasteiger partial charge >= 0.3 is 5.97 Å². The Kier molecular flexibility index (Phi) is 8.34. The zero-order chi connectivity index (χ0) is 23.3. The highest BCUT2D eigenvalue weighted by atomic mass is 16.6. The number of aliphatic hydroxyl groups is 4. The first-order chi connectivity index (χ1) is 14.4. The lowest BCUT2D eigenvalue weighted by Crippen LogP contribution is -2.66. The third-order valence-electron chi connectivity index (χ3n) is 5.20. The van der Waals surface area contributed by atoms with Crippen molar-refractivity contribution in [2.45, 2.75) is 56.5 Å². The number of hydrogen-bond donors (Lipinski definition) is 8. The van der Waals surface area contributed by atoms with E-state index in [0.29, 0.717) is 5.56 Å². The van der Waals surface area contributed by atoms with Crippen molar-refractivity contribution in [2.24, 2.45) is 5.92 Å². The number of hydrogen-bond acceptors (Lipinski definition) is 9. The van der Waals surface area contributed by atoms with E-state index in [2.05, 4.69) is 10.6 Å². The van der Waals surface area contributed by atoms with Gasteiger partial charge in [-0.3, -0.25) is 4.79 Å². The third kappa shape index (κ3) is 6.35. The molecule has 1 aromatic rings. The number of aromatic hydroxyl groups is 1. The molecule has 31 heavy (non-hydrogen) atoms. The predicted molar refractivity (Wildman–Crippen MR) is 107 cm³/mol. The largest absolute Gasteiger partial charge is 0.508 e. The molecule has 174 valence electrons. The molecule has 1 aliphatic rings. The number of aliphatic carboxylic acids is 1. The number of benzene rings is 1. The van der Waals surface area contributed by atoms with Crippen LogP contribution in [0.25, 0.3) is 0 Å². The van der Waals surface area contributed by atoms with Gasteiger partial charge in [0.1, 0.15) is 30.1 Å². The van der Waals surface area contributed by atoms with Gasteiger partial charge in [0, 0.05) is 6.42 Å². The van der Waals surface area contributed by atoms with E-state index in [0.717, 1.165) is 0 Å². The van der Waals surface area contributed by atoms with Gasteiger partial charge in [-0.2, -0.15) is 0 Å². The number of amides is 1. The van der Waals surface area contributed by atoms with Crippen molar-refractivity contribution in [3.8, 4) is 5.75 Å². The van der Waals surface area contributed by atoms with Gasteiger partial charge in [0.05, 0.1) is 19.2 Å². The minimum Gasteiger partial charge on any atom is -0.508 e. The van der Waals surface area contributed by atoms with Crippen LogP contribution in [0, 0.1) is 5.92 Å². The summed E-state index contributed by atoms with van der Waals surface area (Å²) in [6.45, 7) is 2.54. The Labute approximate surface area is 179 Å². The molecular weight excluding hydrogens is 412 g/mol. The molecule has 6 atom stereocenters. The van der Waals surface area contributed by atoms with Gasteiger partial charge in [0.15, 0.2) is 0 Å². The van der Waals surface area contributed by atoms with E-state index in [9.17, 15) is 40.2 Å². The van der Waals surface area contributed by atoms with Gasteiger partial charge in [0.25, 0.3) is 0 Å². The number of phenols is 1. The van der Waals surface area contributed by atoms with Crippen molar-refractivity contribution >= 4 is 11.9 Å². The minimum absolute atomic E-state index is 0.0119.